The quantitative estimate of drug-likeness (QED) is 0.672. The topological polar surface area (TPSA) is 23.8 Å². The molecule has 0 heterocycles. The van der Waals surface area contributed by atoms with Gasteiger partial charge in [0.1, 0.15) is 0 Å². The summed E-state index contributed by atoms with van der Waals surface area (Å²) in [6.45, 7) is 2.11. The summed E-state index contributed by atoms with van der Waals surface area (Å²) in [5, 5.41) is 9.29. The van der Waals surface area contributed by atoms with Crippen LogP contribution >= 0.6 is 0 Å². The smallest absolute Gasteiger partial charge is 0.0653 e. The Labute approximate surface area is 135 Å². The molecule has 1 aromatic rings. The molecule has 0 N–H and O–H groups in total. The number of fused-ring (bicyclic) bond motifs is 1. The van der Waals surface area contributed by atoms with E-state index in [-0.39, 0.29) is 5.92 Å². The Hall–Kier alpha value is -1.55. The highest BCUT2D eigenvalue weighted by Crippen LogP contribution is 2.55. The molecule has 1 heteroatoms. The van der Waals surface area contributed by atoms with Crippen LogP contribution in [0.5, 0.6) is 0 Å². The molecule has 2 aliphatic rings. The number of benzene rings is 1. The SMILES string of the molecule is CC(C#N)CC12CCCCC1CC/C(=C\c1ccccc1)C2. The molecule has 2 fully saturated rings. The Bertz CT molecular complexity index is 565. The van der Waals surface area contributed by atoms with Crippen molar-refractivity contribution >= 4 is 6.08 Å². The first-order chi connectivity index (χ1) is 10.7. The first kappa shape index (κ1) is 15.3. The molecule has 0 saturated heterocycles. The van der Waals surface area contributed by atoms with E-state index in [1.807, 2.05) is 0 Å². The lowest BCUT2D eigenvalue weighted by molar-refractivity contribution is 0.0492. The third kappa shape index (κ3) is 3.27. The fourth-order valence-electron chi connectivity index (χ4n) is 4.87. The van der Waals surface area contributed by atoms with Crippen molar-refractivity contribution in [1.29, 1.82) is 5.26 Å². The van der Waals surface area contributed by atoms with Crippen molar-refractivity contribution < 1.29 is 0 Å². The number of hydrogen-bond acceptors (Lipinski definition) is 1. The number of hydrogen-bond donors (Lipinski definition) is 0. The minimum Gasteiger partial charge on any atom is -0.198 e. The van der Waals surface area contributed by atoms with Crippen LogP contribution in [0.15, 0.2) is 35.9 Å². The lowest BCUT2D eigenvalue weighted by Gasteiger charge is -2.49. The predicted molar refractivity (Wildman–Crippen MR) is 92.1 cm³/mol. The van der Waals surface area contributed by atoms with Crippen LogP contribution in [0.25, 0.3) is 6.08 Å². The molecule has 0 aliphatic heterocycles. The molecule has 2 saturated carbocycles. The monoisotopic (exact) mass is 293 g/mol. The van der Waals surface area contributed by atoms with Crippen molar-refractivity contribution in [3.8, 4) is 6.07 Å². The zero-order valence-electron chi connectivity index (χ0n) is 13.7. The zero-order valence-corrected chi connectivity index (χ0v) is 13.7. The normalized spacial score (nSPS) is 31.3. The van der Waals surface area contributed by atoms with Gasteiger partial charge in [-0.15, -0.1) is 0 Å². The molecule has 0 spiro atoms. The van der Waals surface area contributed by atoms with Crippen molar-refractivity contribution in [3.05, 3.63) is 41.5 Å². The molecule has 3 atom stereocenters. The summed E-state index contributed by atoms with van der Waals surface area (Å²) in [5.74, 6) is 1.04. The first-order valence-corrected chi connectivity index (χ1v) is 8.86. The van der Waals surface area contributed by atoms with Crippen LogP contribution in [0.2, 0.25) is 0 Å². The van der Waals surface area contributed by atoms with Gasteiger partial charge >= 0.3 is 0 Å². The number of rotatable bonds is 3. The molecular formula is C21H27N. The molecule has 1 nitrogen and oxygen atoms in total. The van der Waals surface area contributed by atoms with Crippen LogP contribution in [0, 0.1) is 28.6 Å². The van der Waals surface area contributed by atoms with E-state index in [0.717, 1.165) is 12.3 Å². The molecule has 0 amide bonds. The van der Waals surface area contributed by atoms with Crippen LogP contribution in [0.1, 0.15) is 63.9 Å². The molecule has 3 rings (SSSR count). The molecule has 0 aromatic heterocycles. The molecule has 0 bridgehead atoms. The van der Waals surface area contributed by atoms with Gasteiger partial charge < -0.3 is 0 Å². The minimum atomic E-state index is 0.191. The zero-order chi connectivity index (χ0) is 15.4. The predicted octanol–water partition coefficient (Wildman–Crippen LogP) is 5.98. The Kier molecular flexibility index (Phi) is 4.67. The maximum Gasteiger partial charge on any atom is 0.0653 e. The third-order valence-electron chi connectivity index (χ3n) is 5.84. The van der Waals surface area contributed by atoms with Gasteiger partial charge in [0.2, 0.25) is 0 Å². The third-order valence-corrected chi connectivity index (χ3v) is 5.84. The van der Waals surface area contributed by atoms with Crippen molar-refractivity contribution in [2.75, 3.05) is 0 Å². The number of allylic oxidation sites excluding steroid dienone is 1. The Balaban J connectivity index is 1.83. The maximum atomic E-state index is 9.29. The van der Waals surface area contributed by atoms with Crippen LogP contribution in [0.4, 0.5) is 0 Å². The molecule has 3 unspecified atom stereocenters. The van der Waals surface area contributed by atoms with Gasteiger partial charge in [0.05, 0.1) is 6.07 Å². The summed E-state index contributed by atoms with van der Waals surface area (Å²) >= 11 is 0. The molecule has 1 aromatic carbocycles. The standard InChI is InChI=1S/C21H27N/c1-17(16-22)14-21-12-6-5-9-20(21)11-10-19(15-21)13-18-7-3-2-4-8-18/h2-4,7-8,13,17,20H,5-6,9-12,14-15H2,1H3/b19-13+. The molecule has 116 valence electrons. The van der Waals surface area contributed by atoms with Crippen molar-refractivity contribution in [1.82, 2.24) is 0 Å². The molecule has 22 heavy (non-hydrogen) atoms. The second-order valence-corrected chi connectivity index (χ2v) is 7.47. The summed E-state index contributed by atoms with van der Waals surface area (Å²) in [6, 6.07) is 13.2. The molecule has 2 aliphatic carbocycles. The van der Waals surface area contributed by atoms with Gasteiger partial charge in [-0.1, -0.05) is 54.8 Å². The van der Waals surface area contributed by atoms with E-state index in [1.165, 1.54) is 50.5 Å². The summed E-state index contributed by atoms with van der Waals surface area (Å²) < 4.78 is 0. The highest BCUT2D eigenvalue weighted by Gasteiger charge is 2.44. The van der Waals surface area contributed by atoms with Crippen LogP contribution in [0.3, 0.4) is 0 Å². The Morgan fingerprint density at radius 1 is 1.27 bits per heavy atom. The van der Waals surface area contributed by atoms with Gasteiger partial charge in [-0.25, -0.2) is 0 Å². The van der Waals surface area contributed by atoms with Gasteiger partial charge in [-0.2, -0.15) is 5.26 Å². The van der Waals surface area contributed by atoms with E-state index in [1.54, 1.807) is 5.57 Å². The van der Waals surface area contributed by atoms with Crippen LogP contribution < -0.4 is 0 Å². The summed E-state index contributed by atoms with van der Waals surface area (Å²) in [6.07, 6.45) is 12.8. The second kappa shape index (κ2) is 6.69. The van der Waals surface area contributed by atoms with Gasteiger partial charge in [0.25, 0.3) is 0 Å². The van der Waals surface area contributed by atoms with E-state index in [4.69, 9.17) is 0 Å². The van der Waals surface area contributed by atoms with E-state index >= 15 is 0 Å². The fourth-order valence-corrected chi connectivity index (χ4v) is 4.87. The second-order valence-electron chi connectivity index (χ2n) is 7.47. The average molecular weight is 293 g/mol. The van der Waals surface area contributed by atoms with E-state index < -0.39 is 0 Å². The first-order valence-electron chi connectivity index (χ1n) is 8.86. The Morgan fingerprint density at radius 2 is 2.09 bits per heavy atom. The van der Waals surface area contributed by atoms with Gasteiger partial charge in [-0.3, -0.25) is 0 Å². The average Bonchev–Trinajstić information content (AvgIpc) is 2.55. The van der Waals surface area contributed by atoms with Crippen LogP contribution in [-0.4, -0.2) is 0 Å². The summed E-state index contributed by atoms with van der Waals surface area (Å²) in [5.41, 5.74) is 3.34. The van der Waals surface area contributed by atoms with E-state index in [0.29, 0.717) is 5.41 Å². The lowest BCUT2D eigenvalue weighted by atomic mass is 9.55. The van der Waals surface area contributed by atoms with Gasteiger partial charge in [0, 0.05) is 5.92 Å². The van der Waals surface area contributed by atoms with Crippen molar-refractivity contribution in [3.63, 3.8) is 0 Å². The van der Waals surface area contributed by atoms with Gasteiger partial charge in [0.15, 0.2) is 0 Å². The largest absolute Gasteiger partial charge is 0.198 e. The summed E-state index contributed by atoms with van der Waals surface area (Å²) in [4.78, 5) is 0. The Morgan fingerprint density at radius 3 is 2.86 bits per heavy atom. The number of nitriles is 1. The van der Waals surface area contributed by atoms with Gasteiger partial charge in [-0.05, 0) is 62.3 Å². The highest BCUT2D eigenvalue weighted by atomic mass is 14.5. The van der Waals surface area contributed by atoms with Crippen molar-refractivity contribution in [2.24, 2.45) is 17.3 Å². The van der Waals surface area contributed by atoms with E-state index in [9.17, 15) is 5.26 Å². The maximum absolute atomic E-state index is 9.29. The minimum absolute atomic E-state index is 0.191. The van der Waals surface area contributed by atoms with Crippen LogP contribution in [-0.2, 0) is 0 Å². The number of nitrogens with zero attached hydrogens (tertiary/aromatic N) is 1. The molecule has 0 radical (unpaired) electrons. The lowest BCUT2D eigenvalue weighted by Crippen LogP contribution is -2.38. The fraction of sp³-hybridized carbons (Fsp3) is 0.571. The molecular weight excluding hydrogens is 266 g/mol. The highest BCUT2D eigenvalue weighted by molar-refractivity contribution is 5.53. The van der Waals surface area contributed by atoms with Crippen molar-refractivity contribution in [2.45, 2.75) is 58.3 Å². The van der Waals surface area contributed by atoms with E-state index in [2.05, 4.69) is 49.4 Å². The summed E-state index contributed by atoms with van der Waals surface area (Å²) in [7, 11) is 0.